The van der Waals surface area contributed by atoms with Gasteiger partial charge in [-0.2, -0.15) is 0 Å². The Morgan fingerprint density at radius 1 is 1.50 bits per heavy atom. The van der Waals surface area contributed by atoms with Crippen molar-refractivity contribution >= 4 is 17.5 Å². The molecule has 98 valence electrons. The Hall–Kier alpha value is -1.13. The molecule has 0 saturated heterocycles. The summed E-state index contributed by atoms with van der Waals surface area (Å²) in [6.07, 6.45) is 6.24. The van der Waals surface area contributed by atoms with Crippen LogP contribution in [0.2, 0.25) is 5.02 Å². The zero-order valence-electron chi connectivity index (χ0n) is 10.2. The van der Waals surface area contributed by atoms with Crippen LogP contribution in [0.15, 0.2) is 18.3 Å². The van der Waals surface area contributed by atoms with E-state index in [4.69, 9.17) is 17.3 Å². The van der Waals surface area contributed by atoms with Gasteiger partial charge in [-0.05, 0) is 30.9 Å². The monoisotopic (exact) mass is 267 g/mol. The number of nitrogens with one attached hydrogen (secondary N) is 1. The van der Waals surface area contributed by atoms with Crippen molar-refractivity contribution in [1.82, 2.24) is 10.3 Å². The fraction of sp³-hybridized carbons (Fsp3) is 0.538. The second-order valence-electron chi connectivity index (χ2n) is 4.72. The number of halogens is 1. The minimum atomic E-state index is -0.172. The lowest BCUT2D eigenvalue weighted by Gasteiger charge is -2.22. The van der Waals surface area contributed by atoms with Gasteiger partial charge in [0.15, 0.2) is 0 Å². The largest absolute Gasteiger partial charge is 0.346 e. The van der Waals surface area contributed by atoms with Gasteiger partial charge >= 0.3 is 0 Å². The average Bonchev–Trinajstić information content (AvgIpc) is 2.90. The summed E-state index contributed by atoms with van der Waals surface area (Å²) < 4.78 is 0. The maximum absolute atomic E-state index is 12.0. The van der Waals surface area contributed by atoms with Crippen LogP contribution in [0.25, 0.3) is 0 Å². The van der Waals surface area contributed by atoms with Crippen molar-refractivity contribution in [3.05, 3.63) is 29.0 Å². The molecule has 1 aliphatic carbocycles. The highest BCUT2D eigenvalue weighted by molar-refractivity contribution is 6.30. The Morgan fingerprint density at radius 2 is 2.22 bits per heavy atom. The molecule has 0 radical (unpaired) electrons. The minimum Gasteiger partial charge on any atom is -0.346 e. The first-order chi connectivity index (χ1) is 8.70. The molecule has 1 atom stereocenters. The first kappa shape index (κ1) is 13.3. The first-order valence-corrected chi connectivity index (χ1v) is 6.71. The van der Waals surface area contributed by atoms with Crippen molar-refractivity contribution in [2.75, 3.05) is 6.54 Å². The minimum absolute atomic E-state index is 0.0532. The highest BCUT2D eigenvalue weighted by Gasteiger charge is 2.25. The average molecular weight is 268 g/mol. The van der Waals surface area contributed by atoms with Crippen LogP contribution in [0.3, 0.4) is 0 Å². The topological polar surface area (TPSA) is 68.0 Å². The molecule has 1 fully saturated rings. The fourth-order valence-electron chi connectivity index (χ4n) is 2.48. The molecule has 1 amide bonds. The van der Waals surface area contributed by atoms with Gasteiger partial charge in [0, 0.05) is 18.8 Å². The van der Waals surface area contributed by atoms with Gasteiger partial charge in [0.25, 0.3) is 5.91 Å². The van der Waals surface area contributed by atoms with E-state index < -0.39 is 0 Å². The number of nitrogens with zero attached hydrogens (tertiary/aromatic N) is 1. The van der Waals surface area contributed by atoms with Crippen LogP contribution in [-0.4, -0.2) is 23.5 Å². The SMILES string of the molecule is NCC(NC(=O)c1ccc(Cl)cn1)C1CCCC1. The molecule has 1 saturated carbocycles. The molecule has 0 aliphatic heterocycles. The molecule has 1 unspecified atom stereocenters. The van der Waals surface area contributed by atoms with Crippen LogP contribution in [0.4, 0.5) is 0 Å². The van der Waals surface area contributed by atoms with Crippen LogP contribution >= 0.6 is 11.6 Å². The van der Waals surface area contributed by atoms with Crippen LogP contribution < -0.4 is 11.1 Å². The Morgan fingerprint density at radius 3 is 2.78 bits per heavy atom. The molecular formula is C13H18ClN3O. The normalized spacial score (nSPS) is 17.7. The molecule has 18 heavy (non-hydrogen) atoms. The summed E-state index contributed by atoms with van der Waals surface area (Å²) in [5.74, 6) is 0.334. The van der Waals surface area contributed by atoms with Gasteiger partial charge in [0.2, 0.25) is 0 Å². The van der Waals surface area contributed by atoms with Crippen LogP contribution in [0.1, 0.15) is 36.2 Å². The summed E-state index contributed by atoms with van der Waals surface area (Å²) in [6.45, 7) is 0.476. The standard InChI is InChI=1S/C13H18ClN3O/c14-10-5-6-11(16-8-10)13(18)17-12(7-15)9-3-1-2-4-9/h5-6,8-9,12H,1-4,7,15H2,(H,17,18). The number of hydrogen-bond acceptors (Lipinski definition) is 3. The van der Waals surface area contributed by atoms with Gasteiger partial charge in [-0.1, -0.05) is 24.4 Å². The van der Waals surface area contributed by atoms with Crippen molar-refractivity contribution in [3.63, 3.8) is 0 Å². The van der Waals surface area contributed by atoms with Crippen LogP contribution in [0.5, 0.6) is 0 Å². The van der Waals surface area contributed by atoms with Crippen LogP contribution in [0, 0.1) is 5.92 Å². The second kappa shape index (κ2) is 6.16. The molecule has 1 aliphatic rings. The van der Waals surface area contributed by atoms with Gasteiger partial charge in [-0.3, -0.25) is 4.79 Å². The number of nitrogens with two attached hydrogens (primary N) is 1. The van der Waals surface area contributed by atoms with Gasteiger partial charge in [0.1, 0.15) is 5.69 Å². The smallest absolute Gasteiger partial charge is 0.270 e. The van der Waals surface area contributed by atoms with Gasteiger partial charge in [-0.25, -0.2) is 4.98 Å². The maximum Gasteiger partial charge on any atom is 0.270 e. The van der Waals surface area contributed by atoms with E-state index in [2.05, 4.69) is 10.3 Å². The second-order valence-corrected chi connectivity index (χ2v) is 5.16. The molecule has 0 bridgehead atoms. The quantitative estimate of drug-likeness (QED) is 0.877. The molecular weight excluding hydrogens is 250 g/mol. The Kier molecular flexibility index (Phi) is 4.55. The highest BCUT2D eigenvalue weighted by atomic mass is 35.5. The summed E-state index contributed by atoms with van der Waals surface area (Å²) in [5.41, 5.74) is 6.13. The van der Waals surface area contributed by atoms with Crippen molar-refractivity contribution < 1.29 is 4.79 Å². The van der Waals surface area contributed by atoms with E-state index in [9.17, 15) is 4.79 Å². The van der Waals surface area contributed by atoms with Gasteiger partial charge < -0.3 is 11.1 Å². The number of pyridine rings is 1. The Bertz CT molecular complexity index is 401. The lowest BCUT2D eigenvalue weighted by atomic mass is 9.98. The van der Waals surface area contributed by atoms with E-state index in [1.165, 1.54) is 19.0 Å². The van der Waals surface area contributed by atoms with E-state index in [-0.39, 0.29) is 11.9 Å². The molecule has 0 aromatic carbocycles. The predicted octanol–water partition coefficient (Wildman–Crippen LogP) is 1.98. The number of carbonyl (C=O) groups is 1. The van der Waals surface area contributed by atoms with Crippen molar-refractivity contribution in [3.8, 4) is 0 Å². The molecule has 0 spiro atoms. The van der Waals surface area contributed by atoms with Crippen LogP contribution in [-0.2, 0) is 0 Å². The zero-order valence-corrected chi connectivity index (χ0v) is 11.0. The van der Waals surface area contributed by atoms with E-state index in [0.717, 1.165) is 12.8 Å². The Balaban J connectivity index is 1.98. The summed E-state index contributed by atoms with van der Waals surface area (Å²) in [4.78, 5) is 16.0. The van der Waals surface area contributed by atoms with E-state index in [1.807, 2.05) is 0 Å². The zero-order chi connectivity index (χ0) is 13.0. The third-order valence-electron chi connectivity index (χ3n) is 3.50. The number of rotatable bonds is 4. The lowest BCUT2D eigenvalue weighted by molar-refractivity contribution is 0.0919. The molecule has 1 aromatic heterocycles. The first-order valence-electron chi connectivity index (χ1n) is 6.33. The predicted molar refractivity (Wildman–Crippen MR) is 71.5 cm³/mol. The third-order valence-corrected chi connectivity index (χ3v) is 3.72. The molecule has 2 rings (SSSR count). The van der Waals surface area contributed by atoms with E-state index >= 15 is 0 Å². The van der Waals surface area contributed by atoms with E-state index in [1.54, 1.807) is 12.1 Å². The van der Waals surface area contributed by atoms with E-state index in [0.29, 0.717) is 23.2 Å². The van der Waals surface area contributed by atoms with Gasteiger partial charge in [0.05, 0.1) is 5.02 Å². The molecule has 1 heterocycles. The molecule has 5 heteroatoms. The number of carbonyl (C=O) groups excluding carboxylic acids is 1. The number of amides is 1. The van der Waals surface area contributed by atoms with Crippen molar-refractivity contribution in [1.29, 1.82) is 0 Å². The number of hydrogen-bond donors (Lipinski definition) is 2. The van der Waals surface area contributed by atoms with Crippen molar-refractivity contribution in [2.24, 2.45) is 11.7 Å². The molecule has 3 N–H and O–H groups in total. The highest BCUT2D eigenvalue weighted by Crippen LogP contribution is 2.27. The summed E-state index contributed by atoms with van der Waals surface area (Å²) in [6, 6.07) is 3.34. The molecule has 1 aromatic rings. The summed E-state index contributed by atoms with van der Waals surface area (Å²) >= 11 is 5.74. The number of aromatic nitrogens is 1. The van der Waals surface area contributed by atoms with Crippen molar-refractivity contribution in [2.45, 2.75) is 31.7 Å². The summed E-state index contributed by atoms with van der Waals surface area (Å²) in [7, 11) is 0. The Labute approximate surface area is 112 Å². The van der Waals surface area contributed by atoms with Gasteiger partial charge in [-0.15, -0.1) is 0 Å². The fourth-order valence-corrected chi connectivity index (χ4v) is 2.59. The molecule has 4 nitrogen and oxygen atoms in total. The lowest BCUT2D eigenvalue weighted by Crippen LogP contribution is -2.44. The summed E-state index contributed by atoms with van der Waals surface area (Å²) in [5, 5.41) is 3.50. The maximum atomic E-state index is 12.0. The third kappa shape index (κ3) is 3.21.